The van der Waals surface area contributed by atoms with Crippen LogP contribution in [0, 0.1) is 0 Å². The first-order valence-corrected chi connectivity index (χ1v) is 7.17. The van der Waals surface area contributed by atoms with Gasteiger partial charge in [-0.15, -0.1) is 0 Å². The number of halogens is 1. The lowest BCUT2D eigenvalue weighted by Crippen LogP contribution is -2.26. The van der Waals surface area contributed by atoms with Crippen molar-refractivity contribution in [3.8, 4) is 0 Å². The van der Waals surface area contributed by atoms with E-state index in [0.29, 0.717) is 13.2 Å². The van der Waals surface area contributed by atoms with Gasteiger partial charge < -0.3 is 10.1 Å². The largest absolute Gasteiger partial charge is 0.449 e. The van der Waals surface area contributed by atoms with Gasteiger partial charge in [0.25, 0.3) is 0 Å². The molecule has 0 atom stereocenters. The molecular weight excluding hydrogens is 294 g/mol. The van der Waals surface area contributed by atoms with E-state index < -0.39 is 0 Å². The highest BCUT2D eigenvalue weighted by Gasteiger charge is 2.02. The summed E-state index contributed by atoms with van der Waals surface area (Å²) in [6.07, 6.45) is 3.70. The monoisotopic (exact) mass is 313 g/mol. The molecular formula is C14H20BrNO2. The molecule has 0 spiro atoms. The molecule has 1 aromatic carbocycles. The summed E-state index contributed by atoms with van der Waals surface area (Å²) in [5.74, 6) is 0. The van der Waals surface area contributed by atoms with Gasteiger partial charge in [0.05, 0.1) is 6.61 Å². The molecule has 0 aliphatic heterocycles. The average Bonchev–Trinajstić information content (AvgIpc) is 2.37. The average molecular weight is 314 g/mol. The molecule has 3 nitrogen and oxygen atoms in total. The molecule has 0 saturated carbocycles. The van der Waals surface area contributed by atoms with E-state index in [9.17, 15) is 4.79 Å². The first-order chi connectivity index (χ1) is 8.74. The van der Waals surface area contributed by atoms with Crippen molar-refractivity contribution in [1.29, 1.82) is 0 Å². The Morgan fingerprint density at radius 3 is 2.83 bits per heavy atom. The van der Waals surface area contributed by atoms with Crippen molar-refractivity contribution < 1.29 is 9.53 Å². The van der Waals surface area contributed by atoms with Gasteiger partial charge in [0.15, 0.2) is 0 Å². The van der Waals surface area contributed by atoms with Gasteiger partial charge in [0, 0.05) is 17.4 Å². The fourth-order valence-electron chi connectivity index (χ4n) is 1.57. The van der Waals surface area contributed by atoms with Gasteiger partial charge in [0.1, 0.15) is 0 Å². The first-order valence-electron chi connectivity index (χ1n) is 6.38. The lowest BCUT2D eigenvalue weighted by molar-refractivity contribution is 0.147. The van der Waals surface area contributed by atoms with Crippen molar-refractivity contribution in [2.75, 3.05) is 13.2 Å². The molecule has 0 aromatic heterocycles. The van der Waals surface area contributed by atoms with Crippen molar-refractivity contribution in [2.24, 2.45) is 0 Å². The summed E-state index contributed by atoms with van der Waals surface area (Å²) in [7, 11) is 0. The molecule has 0 saturated heterocycles. The minimum Gasteiger partial charge on any atom is -0.449 e. The molecule has 1 rings (SSSR count). The maximum absolute atomic E-state index is 11.3. The summed E-state index contributed by atoms with van der Waals surface area (Å²) in [6, 6.07) is 7.95. The number of nitrogens with one attached hydrogen (secondary N) is 1. The van der Waals surface area contributed by atoms with Crippen LogP contribution in [0.15, 0.2) is 28.7 Å². The summed E-state index contributed by atoms with van der Waals surface area (Å²) in [4.78, 5) is 11.3. The summed E-state index contributed by atoms with van der Waals surface area (Å²) in [5.41, 5.74) is 1.15. The number of rotatable bonds is 7. The van der Waals surface area contributed by atoms with Crippen LogP contribution in [0.2, 0.25) is 0 Å². The molecule has 4 heteroatoms. The third-order valence-corrected chi connectivity index (χ3v) is 3.39. The fraction of sp³-hybridized carbons (Fsp3) is 0.500. The first kappa shape index (κ1) is 15.0. The second-order valence-corrected chi connectivity index (χ2v) is 4.97. The maximum atomic E-state index is 11.3. The molecule has 1 N–H and O–H groups in total. The molecule has 100 valence electrons. The van der Waals surface area contributed by atoms with Crippen LogP contribution in [0.25, 0.3) is 0 Å². The number of benzene rings is 1. The summed E-state index contributed by atoms with van der Waals surface area (Å²) in [6.45, 7) is 3.24. The highest BCUT2D eigenvalue weighted by atomic mass is 79.9. The molecule has 0 bridgehead atoms. The molecule has 18 heavy (non-hydrogen) atoms. The number of carbonyl (C=O) groups is 1. The second kappa shape index (κ2) is 8.97. The van der Waals surface area contributed by atoms with Gasteiger partial charge in [-0.2, -0.15) is 0 Å². The van der Waals surface area contributed by atoms with Crippen LogP contribution in [0.3, 0.4) is 0 Å². The van der Waals surface area contributed by atoms with Crippen molar-refractivity contribution in [3.63, 3.8) is 0 Å². The third-order valence-electron chi connectivity index (χ3n) is 2.61. The number of ether oxygens (including phenoxy) is 1. The van der Waals surface area contributed by atoms with Crippen LogP contribution in [0.5, 0.6) is 0 Å². The summed E-state index contributed by atoms with van der Waals surface area (Å²) in [5, 5.41) is 2.75. The van der Waals surface area contributed by atoms with Crippen LogP contribution in [0.4, 0.5) is 4.79 Å². The van der Waals surface area contributed by atoms with Gasteiger partial charge in [-0.3, -0.25) is 0 Å². The number of hydrogen-bond donors (Lipinski definition) is 1. The van der Waals surface area contributed by atoms with Gasteiger partial charge in [0.2, 0.25) is 0 Å². The highest BCUT2D eigenvalue weighted by Crippen LogP contribution is 2.16. The number of alkyl carbamates (subject to hydrolysis) is 1. The van der Waals surface area contributed by atoms with Gasteiger partial charge in [-0.05, 0) is 18.1 Å². The van der Waals surface area contributed by atoms with E-state index in [4.69, 9.17) is 4.74 Å². The molecule has 0 radical (unpaired) electrons. The highest BCUT2D eigenvalue weighted by molar-refractivity contribution is 9.10. The standard InChI is InChI=1S/C14H20BrNO2/c1-2-3-6-10-16-14(17)18-11-9-12-7-4-5-8-13(12)15/h4-5,7-8H,2-3,6,9-11H2,1H3,(H,16,17). The molecule has 1 aromatic rings. The Morgan fingerprint density at radius 2 is 2.11 bits per heavy atom. The molecule has 0 aliphatic rings. The molecule has 0 heterocycles. The van der Waals surface area contributed by atoms with E-state index in [1.807, 2.05) is 24.3 Å². The van der Waals surface area contributed by atoms with Crippen LogP contribution >= 0.6 is 15.9 Å². The van der Waals surface area contributed by atoms with Gasteiger partial charge in [-0.1, -0.05) is 53.9 Å². The molecule has 0 fully saturated rings. The van der Waals surface area contributed by atoms with Crippen LogP contribution in [-0.4, -0.2) is 19.2 Å². The normalized spacial score (nSPS) is 10.1. The summed E-state index contributed by atoms with van der Waals surface area (Å²) < 4.78 is 6.16. The summed E-state index contributed by atoms with van der Waals surface area (Å²) >= 11 is 3.47. The zero-order valence-electron chi connectivity index (χ0n) is 10.7. The Morgan fingerprint density at radius 1 is 1.33 bits per heavy atom. The van der Waals surface area contributed by atoms with E-state index in [2.05, 4.69) is 28.2 Å². The Balaban J connectivity index is 2.14. The predicted octanol–water partition coefficient (Wildman–Crippen LogP) is 3.91. The lowest BCUT2D eigenvalue weighted by atomic mass is 10.2. The van der Waals surface area contributed by atoms with E-state index in [1.165, 1.54) is 0 Å². The Kier molecular flexibility index (Phi) is 7.49. The van der Waals surface area contributed by atoms with Crippen molar-refractivity contribution in [3.05, 3.63) is 34.3 Å². The third kappa shape index (κ3) is 6.05. The van der Waals surface area contributed by atoms with E-state index >= 15 is 0 Å². The zero-order chi connectivity index (χ0) is 13.2. The SMILES string of the molecule is CCCCCNC(=O)OCCc1ccccc1Br. The van der Waals surface area contributed by atoms with Crippen LogP contribution in [-0.2, 0) is 11.2 Å². The van der Waals surface area contributed by atoms with E-state index in [-0.39, 0.29) is 6.09 Å². The lowest BCUT2D eigenvalue weighted by Gasteiger charge is -2.07. The van der Waals surface area contributed by atoms with E-state index in [1.54, 1.807) is 0 Å². The number of amides is 1. The Hall–Kier alpha value is -1.03. The molecule has 0 unspecified atom stereocenters. The minimum atomic E-state index is -0.321. The van der Waals surface area contributed by atoms with Crippen LogP contribution < -0.4 is 5.32 Å². The van der Waals surface area contributed by atoms with Crippen molar-refractivity contribution >= 4 is 22.0 Å². The number of unbranched alkanes of at least 4 members (excludes halogenated alkanes) is 2. The number of hydrogen-bond acceptors (Lipinski definition) is 2. The topological polar surface area (TPSA) is 38.3 Å². The predicted molar refractivity (Wildman–Crippen MR) is 76.7 cm³/mol. The Labute approximate surface area is 117 Å². The minimum absolute atomic E-state index is 0.321. The number of carbonyl (C=O) groups excluding carboxylic acids is 1. The smallest absolute Gasteiger partial charge is 0.407 e. The second-order valence-electron chi connectivity index (χ2n) is 4.11. The molecule has 0 aliphatic carbocycles. The van der Waals surface area contributed by atoms with Crippen molar-refractivity contribution in [2.45, 2.75) is 32.6 Å². The van der Waals surface area contributed by atoms with Crippen molar-refractivity contribution in [1.82, 2.24) is 5.32 Å². The van der Waals surface area contributed by atoms with E-state index in [0.717, 1.165) is 35.7 Å². The Bertz CT molecular complexity index is 369. The molecule has 1 amide bonds. The van der Waals surface area contributed by atoms with Gasteiger partial charge >= 0.3 is 6.09 Å². The quantitative estimate of drug-likeness (QED) is 0.775. The van der Waals surface area contributed by atoms with Gasteiger partial charge in [-0.25, -0.2) is 4.79 Å². The van der Waals surface area contributed by atoms with Crippen LogP contribution in [0.1, 0.15) is 31.7 Å². The maximum Gasteiger partial charge on any atom is 0.407 e. The zero-order valence-corrected chi connectivity index (χ0v) is 12.3. The fourth-order valence-corrected chi connectivity index (χ4v) is 2.05.